The molecule has 8 heteroatoms. The third-order valence-electron chi connectivity index (χ3n) is 5.88. The topological polar surface area (TPSA) is 52.7 Å². The van der Waals surface area contributed by atoms with Crippen LogP contribution in [-0.4, -0.2) is 61.5 Å². The van der Waals surface area contributed by atoms with Crippen molar-refractivity contribution in [1.82, 2.24) is 10.2 Å². The summed E-state index contributed by atoms with van der Waals surface area (Å²) in [4.78, 5) is 27.9. The van der Waals surface area contributed by atoms with Crippen molar-refractivity contribution >= 4 is 17.4 Å². The number of ketones is 1. The van der Waals surface area contributed by atoms with Crippen LogP contribution in [0.4, 0.5) is 18.9 Å². The van der Waals surface area contributed by atoms with Crippen LogP contribution in [0, 0.1) is 5.92 Å². The van der Waals surface area contributed by atoms with Gasteiger partial charge in [-0.25, -0.2) is 0 Å². The van der Waals surface area contributed by atoms with E-state index in [4.69, 9.17) is 0 Å². The van der Waals surface area contributed by atoms with Gasteiger partial charge in [-0.2, -0.15) is 13.2 Å². The fraction of sp³-hybridized carbons (Fsp3) is 0.619. The lowest BCUT2D eigenvalue weighted by molar-refractivity contribution is -0.184. The molecule has 160 valence electrons. The zero-order chi connectivity index (χ0) is 21.0. The molecule has 3 rings (SSSR count). The van der Waals surface area contributed by atoms with Gasteiger partial charge in [-0.1, -0.05) is 6.42 Å². The van der Waals surface area contributed by atoms with E-state index in [9.17, 15) is 22.8 Å². The van der Waals surface area contributed by atoms with Crippen LogP contribution in [0.2, 0.25) is 0 Å². The highest BCUT2D eigenvalue weighted by Crippen LogP contribution is 2.37. The van der Waals surface area contributed by atoms with E-state index in [1.807, 2.05) is 29.2 Å². The Morgan fingerprint density at radius 1 is 1.07 bits per heavy atom. The van der Waals surface area contributed by atoms with Crippen LogP contribution in [0.1, 0.15) is 43.0 Å². The third kappa shape index (κ3) is 5.95. The van der Waals surface area contributed by atoms with E-state index in [2.05, 4.69) is 10.2 Å². The average Bonchev–Trinajstić information content (AvgIpc) is 2.68. The summed E-state index contributed by atoms with van der Waals surface area (Å²) in [5.41, 5.74) is 1.72. The van der Waals surface area contributed by atoms with Crippen molar-refractivity contribution in [2.45, 2.75) is 44.8 Å². The fourth-order valence-corrected chi connectivity index (χ4v) is 4.17. The quantitative estimate of drug-likeness (QED) is 0.756. The van der Waals surface area contributed by atoms with Crippen LogP contribution >= 0.6 is 0 Å². The van der Waals surface area contributed by atoms with Crippen LogP contribution in [0.15, 0.2) is 24.3 Å². The Balaban J connectivity index is 1.43. The predicted octanol–water partition coefficient (Wildman–Crippen LogP) is 3.25. The number of alkyl halides is 3. The highest BCUT2D eigenvalue weighted by Gasteiger charge is 2.42. The molecule has 1 heterocycles. The first-order chi connectivity index (χ1) is 13.7. The molecule has 0 aromatic heterocycles. The summed E-state index contributed by atoms with van der Waals surface area (Å²) >= 11 is 0. The molecule has 1 aliphatic heterocycles. The Kier molecular flexibility index (Phi) is 6.82. The molecule has 1 aliphatic carbocycles. The molecule has 29 heavy (non-hydrogen) atoms. The molecule has 1 saturated carbocycles. The number of hydrogen-bond donors (Lipinski definition) is 1. The van der Waals surface area contributed by atoms with Crippen LogP contribution in [0.5, 0.6) is 0 Å². The lowest BCUT2D eigenvalue weighted by Crippen LogP contribution is -2.51. The van der Waals surface area contributed by atoms with Crippen LogP contribution in [0.25, 0.3) is 0 Å². The van der Waals surface area contributed by atoms with Crippen molar-refractivity contribution in [2.75, 3.05) is 37.6 Å². The number of halogens is 3. The van der Waals surface area contributed by atoms with Gasteiger partial charge in [-0.05, 0) is 50.5 Å². The summed E-state index contributed by atoms with van der Waals surface area (Å²) in [5, 5.41) is 2.80. The minimum atomic E-state index is -4.18. The van der Waals surface area contributed by atoms with Gasteiger partial charge in [-0.3, -0.25) is 14.5 Å². The van der Waals surface area contributed by atoms with Crippen molar-refractivity contribution in [1.29, 1.82) is 0 Å². The summed E-state index contributed by atoms with van der Waals surface area (Å²) in [6.45, 7) is 4.67. The maximum Gasteiger partial charge on any atom is 0.391 e. The number of benzene rings is 1. The highest BCUT2D eigenvalue weighted by molar-refractivity contribution is 5.94. The van der Waals surface area contributed by atoms with Gasteiger partial charge in [0, 0.05) is 43.5 Å². The maximum atomic E-state index is 12.9. The second kappa shape index (κ2) is 9.15. The van der Waals surface area contributed by atoms with Gasteiger partial charge in [0.15, 0.2) is 5.78 Å². The van der Waals surface area contributed by atoms with Gasteiger partial charge in [0.1, 0.15) is 0 Å². The van der Waals surface area contributed by atoms with Crippen molar-refractivity contribution in [3.8, 4) is 0 Å². The van der Waals surface area contributed by atoms with E-state index in [1.54, 1.807) is 0 Å². The Morgan fingerprint density at radius 3 is 2.31 bits per heavy atom. The number of nitrogens with one attached hydrogen (secondary N) is 1. The molecule has 0 radical (unpaired) electrons. The Hall–Kier alpha value is -2.09. The normalized spacial score (nSPS) is 23.7. The molecule has 0 unspecified atom stereocenters. The number of hydrogen-bond acceptors (Lipinski definition) is 4. The number of rotatable bonds is 5. The van der Waals surface area contributed by atoms with Crippen LogP contribution < -0.4 is 10.2 Å². The zero-order valence-corrected chi connectivity index (χ0v) is 16.7. The second-order valence-electron chi connectivity index (χ2n) is 8.04. The van der Waals surface area contributed by atoms with Gasteiger partial charge in [-0.15, -0.1) is 0 Å². The highest BCUT2D eigenvalue weighted by atomic mass is 19.4. The molecule has 1 aromatic carbocycles. The lowest BCUT2D eigenvalue weighted by atomic mass is 9.85. The molecule has 2 atom stereocenters. The van der Waals surface area contributed by atoms with E-state index in [-0.39, 0.29) is 37.1 Å². The van der Waals surface area contributed by atoms with Crippen LogP contribution in [-0.2, 0) is 4.79 Å². The number of carbonyl (C=O) groups excluding carboxylic acids is 2. The van der Waals surface area contributed by atoms with Gasteiger partial charge < -0.3 is 10.2 Å². The number of Topliss-reactive ketones (excluding diaryl/α,β-unsaturated/α-hetero) is 1. The molecule has 5 nitrogen and oxygen atoms in total. The van der Waals surface area contributed by atoms with Gasteiger partial charge in [0.05, 0.1) is 12.5 Å². The average molecular weight is 411 g/mol. The number of carbonyl (C=O) groups is 2. The van der Waals surface area contributed by atoms with Crippen molar-refractivity contribution in [2.24, 2.45) is 5.92 Å². The van der Waals surface area contributed by atoms with E-state index < -0.39 is 12.1 Å². The summed E-state index contributed by atoms with van der Waals surface area (Å²) in [5.74, 6) is -1.47. The standard InChI is InChI=1S/C21H28F3N3O2/c1-15(28)16-5-7-19(8-6-16)27-11-9-26(10-12-27)14-20(29)25-18-4-2-3-17(13-18)21(22,23)24/h5-8,17-18H,2-4,9-14H2,1H3,(H,25,29)/t17-,18-/m1/s1. The lowest BCUT2D eigenvalue weighted by Gasteiger charge is -2.36. The third-order valence-corrected chi connectivity index (χ3v) is 5.88. The summed E-state index contributed by atoms with van der Waals surface area (Å²) in [6.07, 6.45) is -2.93. The van der Waals surface area contributed by atoms with Crippen molar-refractivity contribution < 1.29 is 22.8 Å². The molecule has 1 aromatic rings. The first-order valence-corrected chi connectivity index (χ1v) is 10.2. The molecular weight excluding hydrogens is 383 g/mol. The minimum Gasteiger partial charge on any atom is -0.369 e. The number of anilines is 1. The summed E-state index contributed by atoms with van der Waals surface area (Å²) in [7, 11) is 0. The first kappa shape index (κ1) is 21.6. The largest absolute Gasteiger partial charge is 0.391 e. The first-order valence-electron chi connectivity index (χ1n) is 10.2. The molecular formula is C21H28F3N3O2. The summed E-state index contributed by atoms with van der Waals surface area (Å²) < 4.78 is 38.8. The SMILES string of the molecule is CC(=O)c1ccc(N2CCN(CC(=O)N[C@@H]3CCC[C@@H](C(F)(F)F)C3)CC2)cc1. The fourth-order valence-electron chi connectivity index (χ4n) is 4.17. The van der Waals surface area contributed by atoms with Crippen LogP contribution in [0.3, 0.4) is 0 Å². The van der Waals surface area contributed by atoms with E-state index in [0.29, 0.717) is 31.5 Å². The van der Waals surface area contributed by atoms with Gasteiger partial charge >= 0.3 is 6.18 Å². The summed E-state index contributed by atoms with van der Waals surface area (Å²) in [6, 6.07) is 7.11. The molecule has 1 N–H and O–H groups in total. The van der Waals surface area contributed by atoms with Crippen molar-refractivity contribution in [3.63, 3.8) is 0 Å². The Bertz CT molecular complexity index is 713. The maximum absolute atomic E-state index is 12.9. The second-order valence-corrected chi connectivity index (χ2v) is 8.04. The smallest absolute Gasteiger partial charge is 0.369 e. The monoisotopic (exact) mass is 411 g/mol. The zero-order valence-electron chi connectivity index (χ0n) is 16.7. The number of nitrogens with zero attached hydrogens (tertiary/aromatic N) is 2. The number of amides is 1. The molecule has 2 fully saturated rings. The van der Waals surface area contributed by atoms with Crippen molar-refractivity contribution in [3.05, 3.63) is 29.8 Å². The van der Waals surface area contributed by atoms with Gasteiger partial charge in [0.2, 0.25) is 5.91 Å². The van der Waals surface area contributed by atoms with E-state index >= 15 is 0 Å². The Morgan fingerprint density at radius 2 is 1.72 bits per heavy atom. The van der Waals surface area contributed by atoms with E-state index in [0.717, 1.165) is 18.8 Å². The molecule has 1 saturated heterocycles. The minimum absolute atomic E-state index is 0.0146. The van der Waals surface area contributed by atoms with Gasteiger partial charge in [0.25, 0.3) is 0 Å². The van der Waals surface area contributed by atoms with E-state index in [1.165, 1.54) is 6.92 Å². The Labute approximate surface area is 169 Å². The number of piperazine rings is 1. The molecule has 2 aliphatic rings. The molecule has 0 spiro atoms. The molecule has 0 bridgehead atoms. The molecule has 1 amide bonds. The predicted molar refractivity (Wildman–Crippen MR) is 105 cm³/mol.